The Morgan fingerprint density at radius 1 is 0.900 bits per heavy atom. The number of benzene rings is 2. The summed E-state index contributed by atoms with van der Waals surface area (Å²) in [6, 6.07) is 16.8. The van der Waals surface area contributed by atoms with Gasteiger partial charge in [-0.15, -0.1) is 0 Å². The van der Waals surface area contributed by atoms with Crippen LogP contribution in [-0.2, 0) is 12.8 Å². The van der Waals surface area contributed by atoms with Gasteiger partial charge in [0.2, 0.25) is 0 Å². The molecule has 0 aliphatic carbocycles. The molecule has 0 spiro atoms. The van der Waals surface area contributed by atoms with Crippen LogP contribution in [0, 0.1) is 13.8 Å². The van der Waals surface area contributed by atoms with Gasteiger partial charge in [0.1, 0.15) is 0 Å². The van der Waals surface area contributed by atoms with E-state index in [9.17, 15) is 5.11 Å². The van der Waals surface area contributed by atoms with Crippen LogP contribution in [0.15, 0.2) is 48.5 Å². The maximum atomic E-state index is 10.2. The van der Waals surface area contributed by atoms with Crippen LogP contribution >= 0.6 is 0 Å². The van der Waals surface area contributed by atoms with Crippen LogP contribution in [0.1, 0.15) is 35.1 Å². The van der Waals surface area contributed by atoms with E-state index in [1.54, 1.807) is 0 Å². The topological polar surface area (TPSA) is 20.2 Å². The zero-order valence-electron chi connectivity index (χ0n) is 12.5. The average molecular weight is 268 g/mol. The molecule has 0 saturated carbocycles. The fraction of sp³-hybridized carbons (Fsp3) is 0.368. The summed E-state index contributed by atoms with van der Waals surface area (Å²) in [4.78, 5) is 0. The molecule has 0 bridgehead atoms. The lowest BCUT2D eigenvalue weighted by molar-refractivity contribution is 0.162. The van der Waals surface area contributed by atoms with Crippen LogP contribution in [0.3, 0.4) is 0 Å². The Bertz CT molecular complexity index is 510. The predicted octanol–water partition coefficient (Wildman–Crippen LogP) is 4.23. The van der Waals surface area contributed by atoms with Crippen molar-refractivity contribution < 1.29 is 5.11 Å². The Morgan fingerprint density at radius 2 is 1.55 bits per heavy atom. The number of aliphatic hydroxyl groups excluding tert-OH is 1. The molecule has 0 aliphatic heterocycles. The molecule has 0 radical (unpaired) electrons. The van der Waals surface area contributed by atoms with Gasteiger partial charge in [-0.1, -0.05) is 48.5 Å². The van der Waals surface area contributed by atoms with Gasteiger partial charge in [0.05, 0.1) is 6.10 Å². The second-order valence-corrected chi connectivity index (χ2v) is 5.61. The third kappa shape index (κ3) is 4.21. The summed E-state index contributed by atoms with van der Waals surface area (Å²) in [5, 5.41) is 10.2. The van der Waals surface area contributed by atoms with E-state index in [4.69, 9.17) is 0 Å². The third-order valence-corrected chi connectivity index (χ3v) is 3.93. The first-order valence-electron chi connectivity index (χ1n) is 7.44. The Balaban J connectivity index is 1.82. The van der Waals surface area contributed by atoms with Crippen LogP contribution < -0.4 is 0 Å². The lowest BCUT2D eigenvalue weighted by Crippen LogP contribution is -2.12. The van der Waals surface area contributed by atoms with Crippen molar-refractivity contribution in [2.45, 2.75) is 45.6 Å². The highest BCUT2D eigenvalue weighted by atomic mass is 16.3. The minimum Gasteiger partial charge on any atom is -0.393 e. The van der Waals surface area contributed by atoms with Crippen LogP contribution in [0.4, 0.5) is 0 Å². The second-order valence-electron chi connectivity index (χ2n) is 5.61. The fourth-order valence-electron chi connectivity index (χ4n) is 2.70. The number of hydrogen-bond acceptors (Lipinski definition) is 1. The smallest absolute Gasteiger partial charge is 0.0580 e. The van der Waals surface area contributed by atoms with Crippen molar-refractivity contribution in [3.05, 3.63) is 70.8 Å². The average Bonchev–Trinajstić information content (AvgIpc) is 2.44. The standard InChI is InChI=1S/C19H24O/c1-15-8-6-9-16(2)19(15)14-18(20)13-7-12-17-10-4-3-5-11-17/h3-6,8-11,18,20H,7,12-14H2,1-2H3. The van der Waals surface area contributed by atoms with Gasteiger partial charge in [-0.25, -0.2) is 0 Å². The van der Waals surface area contributed by atoms with Gasteiger partial charge in [-0.05, 0) is 61.8 Å². The van der Waals surface area contributed by atoms with E-state index in [0.29, 0.717) is 0 Å². The van der Waals surface area contributed by atoms with Gasteiger partial charge in [0.25, 0.3) is 0 Å². The predicted molar refractivity (Wildman–Crippen MR) is 85.0 cm³/mol. The summed E-state index contributed by atoms with van der Waals surface area (Å²) < 4.78 is 0. The van der Waals surface area contributed by atoms with Crippen molar-refractivity contribution in [1.29, 1.82) is 0 Å². The quantitative estimate of drug-likeness (QED) is 0.831. The van der Waals surface area contributed by atoms with E-state index in [-0.39, 0.29) is 6.10 Å². The Morgan fingerprint density at radius 3 is 2.20 bits per heavy atom. The van der Waals surface area contributed by atoms with Crippen molar-refractivity contribution in [2.75, 3.05) is 0 Å². The highest BCUT2D eigenvalue weighted by Gasteiger charge is 2.09. The second kappa shape index (κ2) is 7.25. The summed E-state index contributed by atoms with van der Waals surface area (Å²) in [6.45, 7) is 4.25. The molecule has 0 saturated heterocycles. The van der Waals surface area contributed by atoms with Crippen LogP contribution in [-0.4, -0.2) is 11.2 Å². The zero-order valence-corrected chi connectivity index (χ0v) is 12.5. The fourth-order valence-corrected chi connectivity index (χ4v) is 2.70. The first-order valence-corrected chi connectivity index (χ1v) is 7.44. The lowest BCUT2D eigenvalue weighted by Gasteiger charge is -2.14. The molecule has 106 valence electrons. The molecule has 2 aromatic carbocycles. The van der Waals surface area contributed by atoms with E-state index in [1.165, 1.54) is 22.3 Å². The van der Waals surface area contributed by atoms with E-state index in [0.717, 1.165) is 25.7 Å². The van der Waals surface area contributed by atoms with Gasteiger partial charge in [0.15, 0.2) is 0 Å². The molecule has 0 amide bonds. The van der Waals surface area contributed by atoms with E-state index < -0.39 is 0 Å². The molecule has 1 N–H and O–H groups in total. The molecule has 2 aromatic rings. The number of aliphatic hydroxyl groups is 1. The number of hydrogen-bond donors (Lipinski definition) is 1. The van der Waals surface area contributed by atoms with Gasteiger partial charge >= 0.3 is 0 Å². The van der Waals surface area contributed by atoms with Crippen molar-refractivity contribution in [2.24, 2.45) is 0 Å². The normalized spacial score (nSPS) is 12.3. The van der Waals surface area contributed by atoms with E-state index >= 15 is 0 Å². The van der Waals surface area contributed by atoms with Crippen molar-refractivity contribution in [3.63, 3.8) is 0 Å². The largest absolute Gasteiger partial charge is 0.393 e. The van der Waals surface area contributed by atoms with Gasteiger partial charge in [-0.3, -0.25) is 0 Å². The highest BCUT2D eigenvalue weighted by Crippen LogP contribution is 2.17. The lowest BCUT2D eigenvalue weighted by atomic mass is 9.95. The molecule has 1 unspecified atom stereocenters. The molecule has 2 rings (SSSR count). The SMILES string of the molecule is Cc1cccc(C)c1CC(O)CCCc1ccccc1. The summed E-state index contributed by atoms with van der Waals surface area (Å²) in [6.07, 6.45) is 3.48. The zero-order chi connectivity index (χ0) is 14.4. The summed E-state index contributed by atoms with van der Waals surface area (Å²) in [5.74, 6) is 0. The van der Waals surface area contributed by atoms with Crippen LogP contribution in [0.2, 0.25) is 0 Å². The first-order chi connectivity index (χ1) is 9.66. The molecule has 1 nitrogen and oxygen atoms in total. The third-order valence-electron chi connectivity index (χ3n) is 3.93. The van der Waals surface area contributed by atoms with Gasteiger partial charge < -0.3 is 5.11 Å². The molecule has 1 heteroatoms. The Kier molecular flexibility index (Phi) is 5.37. The molecular weight excluding hydrogens is 244 g/mol. The Hall–Kier alpha value is -1.60. The molecule has 0 aromatic heterocycles. The number of aryl methyl sites for hydroxylation is 3. The minimum absolute atomic E-state index is 0.237. The number of rotatable bonds is 6. The van der Waals surface area contributed by atoms with Gasteiger partial charge in [-0.2, -0.15) is 0 Å². The molecule has 0 fully saturated rings. The van der Waals surface area contributed by atoms with Crippen LogP contribution in [0.25, 0.3) is 0 Å². The molecule has 0 aliphatic rings. The van der Waals surface area contributed by atoms with Crippen LogP contribution in [0.5, 0.6) is 0 Å². The molecule has 0 heterocycles. The first kappa shape index (κ1) is 14.8. The summed E-state index contributed by atoms with van der Waals surface area (Å²) in [5.41, 5.74) is 5.23. The molecule has 1 atom stereocenters. The van der Waals surface area contributed by atoms with Crippen molar-refractivity contribution in [3.8, 4) is 0 Å². The molecule has 20 heavy (non-hydrogen) atoms. The summed E-state index contributed by atoms with van der Waals surface area (Å²) >= 11 is 0. The van der Waals surface area contributed by atoms with Crippen molar-refractivity contribution in [1.82, 2.24) is 0 Å². The van der Waals surface area contributed by atoms with E-state index in [2.05, 4.69) is 56.3 Å². The van der Waals surface area contributed by atoms with Crippen molar-refractivity contribution >= 4 is 0 Å². The monoisotopic (exact) mass is 268 g/mol. The summed E-state index contributed by atoms with van der Waals surface area (Å²) in [7, 11) is 0. The van der Waals surface area contributed by atoms with Gasteiger partial charge in [0, 0.05) is 0 Å². The Labute approximate surface area is 122 Å². The maximum Gasteiger partial charge on any atom is 0.0580 e. The highest BCUT2D eigenvalue weighted by molar-refractivity contribution is 5.33. The minimum atomic E-state index is -0.237. The molecular formula is C19H24O. The maximum absolute atomic E-state index is 10.2. The van der Waals surface area contributed by atoms with E-state index in [1.807, 2.05) is 6.07 Å².